The normalized spacial score (nSPS) is 10.8. The van der Waals surface area contributed by atoms with Crippen LogP contribution in [-0.2, 0) is 0 Å². The zero-order valence-electron chi connectivity index (χ0n) is 13.4. The monoisotopic (exact) mass is 311 g/mol. The van der Waals surface area contributed by atoms with Gasteiger partial charge in [0.1, 0.15) is 0 Å². The van der Waals surface area contributed by atoms with Crippen molar-refractivity contribution >= 4 is 17.3 Å². The summed E-state index contributed by atoms with van der Waals surface area (Å²) in [6.07, 6.45) is 13.2. The Bertz CT molecular complexity index is 361. The third-order valence-electron chi connectivity index (χ3n) is 3.74. The number of hydrogen-bond acceptors (Lipinski definition) is 2. The Balaban J connectivity index is 1.95. The number of para-hydroxylation sites is 1. The Labute approximate surface area is 135 Å². The van der Waals surface area contributed by atoms with Crippen molar-refractivity contribution in [3.05, 3.63) is 23.2 Å². The third kappa shape index (κ3) is 8.21. The van der Waals surface area contributed by atoms with E-state index in [4.69, 9.17) is 22.1 Å². The maximum absolute atomic E-state index is 6.06. The molecule has 0 saturated carbocycles. The first kappa shape index (κ1) is 18.2. The molecule has 1 aromatic rings. The zero-order chi connectivity index (χ0) is 15.3. The summed E-state index contributed by atoms with van der Waals surface area (Å²) in [5.74, 6) is 0.634. The van der Waals surface area contributed by atoms with Gasteiger partial charge in [0.2, 0.25) is 0 Å². The largest absolute Gasteiger partial charge is 0.490 e. The van der Waals surface area contributed by atoms with Gasteiger partial charge in [0.05, 0.1) is 17.3 Å². The number of ether oxygens (including phenoxy) is 1. The third-order valence-corrected chi connectivity index (χ3v) is 4.04. The van der Waals surface area contributed by atoms with Gasteiger partial charge < -0.3 is 10.5 Å². The van der Waals surface area contributed by atoms with Crippen molar-refractivity contribution in [2.75, 3.05) is 12.3 Å². The van der Waals surface area contributed by atoms with Gasteiger partial charge in [-0.15, -0.1) is 0 Å². The van der Waals surface area contributed by atoms with Gasteiger partial charge in [0, 0.05) is 0 Å². The number of nitrogens with two attached hydrogens (primary N) is 1. The predicted octanol–water partition coefficient (Wildman–Crippen LogP) is 6.22. The SMILES string of the molecule is CCCCCCCCCCCCOc1c(N)cccc1Cl. The van der Waals surface area contributed by atoms with Gasteiger partial charge in [0.15, 0.2) is 5.75 Å². The highest BCUT2D eigenvalue weighted by atomic mass is 35.5. The molecule has 21 heavy (non-hydrogen) atoms. The van der Waals surface area contributed by atoms with Crippen molar-refractivity contribution < 1.29 is 4.74 Å². The minimum Gasteiger partial charge on any atom is -0.490 e. The predicted molar refractivity (Wildman–Crippen MR) is 93.2 cm³/mol. The lowest BCUT2D eigenvalue weighted by atomic mass is 10.1. The molecular weight excluding hydrogens is 282 g/mol. The van der Waals surface area contributed by atoms with Crippen LogP contribution in [0.4, 0.5) is 5.69 Å². The first-order chi connectivity index (χ1) is 10.3. The van der Waals surface area contributed by atoms with Gasteiger partial charge in [0.25, 0.3) is 0 Å². The van der Waals surface area contributed by atoms with Gasteiger partial charge in [-0.25, -0.2) is 0 Å². The fraction of sp³-hybridized carbons (Fsp3) is 0.667. The van der Waals surface area contributed by atoms with Crippen LogP contribution in [0.15, 0.2) is 18.2 Å². The van der Waals surface area contributed by atoms with E-state index in [1.165, 1.54) is 57.8 Å². The minimum atomic E-state index is 0.599. The molecule has 0 aliphatic heterocycles. The van der Waals surface area contributed by atoms with E-state index in [2.05, 4.69) is 6.92 Å². The molecule has 3 heteroatoms. The summed E-state index contributed by atoms with van der Waals surface area (Å²) in [7, 11) is 0. The molecule has 2 nitrogen and oxygen atoms in total. The quantitative estimate of drug-likeness (QED) is 0.367. The van der Waals surface area contributed by atoms with Gasteiger partial charge in [-0.1, -0.05) is 82.4 Å². The Morgan fingerprint density at radius 2 is 1.48 bits per heavy atom. The molecule has 0 radical (unpaired) electrons. The van der Waals surface area contributed by atoms with Crippen LogP contribution in [-0.4, -0.2) is 6.61 Å². The standard InChI is InChI=1S/C18H30ClNO/c1-2-3-4-5-6-7-8-9-10-11-15-21-18-16(19)13-12-14-17(18)20/h12-14H,2-11,15,20H2,1H3. The summed E-state index contributed by atoms with van der Waals surface area (Å²) in [6, 6.07) is 5.47. The summed E-state index contributed by atoms with van der Waals surface area (Å²) in [5, 5.41) is 0.599. The maximum atomic E-state index is 6.06. The topological polar surface area (TPSA) is 35.2 Å². The molecule has 0 saturated heterocycles. The molecule has 0 heterocycles. The molecule has 0 aliphatic rings. The van der Waals surface area contributed by atoms with Crippen LogP contribution < -0.4 is 10.5 Å². The van der Waals surface area contributed by atoms with Crippen LogP contribution >= 0.6 is 11.6 Å². The number of benzene rings is 1. The van der Waals surface area contributed by atoms with Crippen LogP contribution in [0.1, 0.15) is 71.1 Å². The average Bonchev–Trinajstić information content (AvgIpc) is 2.47. The van der Waals surface area contributed by atoms with Crippen molar-refractivity contribution in [1.82, 2.24) is 0 Å². The van der Waals surface area contributed by atoms with E-state index >= 15 is 0 Å². The second-order valence-corrected chi connectivity index (χ2v) is 6.10. The highest BCUT2D eigenvalue weighted by Crippen LogP contribution is 2.30. The van der Waals surface area contributed by atoms with E-state index in [1.54, 1.807) is 0 Å². The van der Waals surface area contributed by atoms with Crippen LogP contribution in [0.5, 0.6) is 5.75 Å². The fourth-order valence-corrected chi connectivity index (χ4v) is 2.68. The molecule has 0 bridgehead atoms. The smallest absolute Gasteiger partial charge is 0.160 e. The molecule has 0 fully saturated rings. The number of halogens is 1. The van der Waals surface area contributed by atoms with Gasteiger partial charge in [-0.05, 0) is 18.6 Å². The first-order valence-electron chi connectivity index (χ1n) is 8.42. The summed E-state index contributed by atoms with van der Waals surface area (Å²) < 4.78 is 5.68. The van der Waals surface area contributed by atoms with Crippen molar-refractivity contribution in [2.45, 2.75) is 71.1 Å². The van der Waals surface area contributed by atoms with Crippen molar-refractivity contribution in [2.24, 2.45) is 0 Å². The fourth-order valence-electron chi connectivity index (χ4n) is 2.44. The van der Waals surface area contributed by atoms with Crippen LogP contribution in [0, 0.1) is 0 Å². The Kier molecular flexibility index (Phi) is 10.1. The molecular formula is C18H30ClNO. The number of unbranched alkanes of at least 4 members (excludes halogenated alkanes) is 9. The van der Waals surface area contributed by atoms with Crippen LogP contribution in [0.3, 0.4) is 0 Å². The van der Waals surface area contributed by atoms with Gasteiger partial charge in [-0.2, -0.15) is 0 Å². The minimum absolute atomic E-state index is 0.599. The van der Waals surface area contributed by atoms with Crippen molar-refractivity contribution in [1.29, 1.82) is 0 Å². The van der Waals surface area contributed by atoms with E-state index in [1.807, 2.05) is 18.2 Å². The number of nitrogen functional groups attached to an aromatic ring is 1. The summed E-state index contributed by atoms with van der Waals surface area (Å²) in [6.45, 7) is 2.96. The second kappa shape index (κ2) is 11.7. The second-order valence-electron chi connectivity index (χ2n) is 5.69. The molecule has 0 amide bonds. The highest BCUT2D eigenvalue weighted by Gasteiger charge is 2.04. The van der Waals surface area contributed by atoms with Crippen molar-refractivity contribution in [3.63, 3.8) is 0 Å². The lowest BCUT2D eigenvalue weighted by molar-refractivity contribution is 0.306. The molecule has 0 spiro atoms. The van der Waals surface area contributed by atoms with Gasteiger partial charge in [-0.3, -0.25) is 0 Å². The Morgan fingerprint density at radius 1 is 0.905 bits per heavy atom. The van der Waals surface area contributed by atoms with E-state index in [0.717, 1.165) is 6.42 Å². The summed E-state index contributed by atoms with van der Waals surface area (Å²) >= 11 is 6.06. The molecule has 0 atom stereocenters. The van der Waals surface area contributed by atoms with E-state index in [0.29, 0.717) is 23.1 Å². The maximum Gasteiger partial charge on any atom is 0.160 e. The van der Waals surface area contributed by atoms with Crippen molar-refractivity contribution in [3.8, 4) is 5.75 Å². The number of rotatable bonds is 12. The zero-order valence-corrected chi connectivity index (χ0v) is 14.1. The molecule has 1 aromatic carbocycles. The molecule has 0 aromatic heterocycles. The van der Waals surface area contributed by atoms with E-state index in [-0.39, 0.29) is 0 Å². The molecule has 120 valence electrons. The average molecular weight is 312 g/mol. The van der Waals surface area contributed by atoms with Gasteiger partial charge >= 0.3 is 0 Å². The van der Waals surface area contributed by atoms with Crippen LogP contribution in [0.2, 0.25) is 5.02 Å². The first-order valence-corrected chi connectivity index (χ1v) is 8.80. The lowest BCUT2D eigenvalue weighted by Gasteiger charge is -2.10. The van der Waals surface area contributed by atoms with E-state index in [9.17, 15) is 0 Å². The summed E-state index contributed by atoms with van der Waals surface area (Å²) in [4.78, 5) is 0. The summed E-state index contributed by atoms with van der Waals surface area (Å²) in [5.41, 5.74) is 6.46. The molecule has 0 aliphatic carbocycles. The number of anilines is 1. The lowest BCUT2D eigenvalue weighted by Crippen LogP contribution is -2.01. The molecule has 1 rings (SSSR count). The number of hydrogen-bond donors (Lipinski definition) is 1. The molecule has 0 unspecified atom stereocenters. The molecule has 2 N–H and O–H groups in total. The van der Waals surface area contributed by atoms with E-state index < -0.39 is 0 Å². The Morgan fingerprint density at radius 3 is 2.05 bits per heavy atom. The van der Waals surface area contributed by atoms with Crippen LogP contribution in [0.25, 0.3) is 0 Å². The Hall–Kier alpha value is -0.890. The highest BCUT2D eigenvalue weighted by molar-refractivity contribution is 6.32.